The first-order valence-electron chi connectivity index (χ1n) is 9.50. The number of ether oxygens (including phenoxy) is 2. The monoisotopic (exact) mass is 334 g/mol. The number of carbonyl (C=O) groups excluding carboxylic acids is 2. The number of rotatable bonds is 4. The molecule has 5 fully saturated rings. The van der Waals surface area contributed by atoms with Crippen molar-refractivity contribution in [1.29, 1.82) is 0 Å². The molecule has 3 saturated heterocycles. The van der Waals surface area contributed by atoms with Crippen LogP contribution < -0.4 is 5.32 Å². The van der Waals surface area contributed by atoms with E-state index in [9.17, 15) is 9.59 Å². The topological polar surface area (TPSA) is 67.9 Å². The molecule has 2 amide bonds. The van der Waals surface area contributed by atoms with Gasteiger partial charge in [-0.2, -0.15) is 0 Å². The summed E-state index contributed by atoms with van der Waals surface area (Å²) in [7, 11) is 0. The first-order chi connectivity index (χ1) is 11.7. The Hall–Kier alpha value is -1.14. The van der Waals surface area contributed by atoms with Crippen LogP contribution in [0.5, 0.6) is 0 Å². The standard InChI is InChI=1S/C18H26N2O4/c21-17(19-6-10-1-2-10)14-5-11-3-4-20(7-15(11)24-14)18(22)16-12-8-23-9-13(12)16/h10-16H,1-9H2,(H,19,21)/t11-,12-,13+,14?,15-,16?/m0/s1. The molecule has 2 unspecified atom stereocenters. The zero-order valence-electron chi connectivity index (χ0n) is 14.0. The summed E-state index contributed by atoms with van der Waals surface area (Å²) in [5, 5.41) is 3.03. The maximum absolute atomic E-state index is 12.7. The number of nitrogens with one attached hydrogen (secondary N) is 1. The first kappa shape index (κ1) is 15.1. The minimum Gasteiger partial charge on any atom is -0.381 e. The van der Waals surface area contributed by atoms with E-state index < -0.39 is 0 Å². The van der Waals surface area contributed by atoms with E-state index in [0.717, 1.165) is 39.1 Å². The number of carbonyl (C=O) groups is 2. The van der Waals surface area contributed by atoms with E-state index in [1.165, 1.54) is 12.8 Å². The molecule has 6 heteroatoms. The molecule has 0 aromatic carbocycles. The number of fused-ring (bicyclic) bond motifs is 2. The highest BCUT2D eigenvalue weighted by molar-refractivity contribution is 5.83. The van der Waals surface area contributed by atoms with Crippen LogP contribution in [0.3, 0.4) is 0 Å². The first-order valence-corrected chi connectivity index (χ1v) is 9.50. The fraction of sp³-hybridized carbons (Fsp3) is 0.889. The van der Waals surface area contributed by atoms with Crippen molar-refractivity contribution in [3.8, 4) is 0 Å². The van der Waals surface area contributed by atoms with Gasteiger partial charge in [0, 0.05) is 25.6 Å². The van der Waals surface area contributed by atoms with Crippen LogP contribution in [-0.2, 0) is 19.1 Å². The van der Waals surface area contributed by atoms with Crippen molar-refractivity contribution >= 4 is 11.8 Å². The predicted molar refractivity (Wildman–Crippen MR) is 85.0 cm³/mol. The van der Waals surface area contributed by atoms with Crippen LogP contribution in [0.1, 0.15) is 25.7 Å². The highest BCUT2D eigenvalue weighted by Crippen LogP contribution is 2.52. The minimum atomic E-state index is -0.317. The fourth-order valence-electron chi connectivity index (χ4n) is 4.80. The molecule has 0 aromatic heterocycles. The van der Waals surface area contributed by atoms with Gasteiger partial charge in [0.05, 0.1) is 19.3 Å². The molecule has 1 N–H and O–H groups in total. The zero-order valence-corrected chi connectivity index (χ0v) is 14.0. The third-order valence-corrected chi connectivity index (χ3v) is 6.66. The summed E-state index contributed by atoms with van der Waals surface area (Å²) in [6.45, 7) is 3.77. The molecule has 3 aliphatic heterocycles. The number of amides is 2. The van der Waals surface area contributed by atoms with Crippen molar-refractivity contribution in [2.45, 2.75) is 37.9 Å². The van der Waals surface area contributed by atoms with Gasteiger partial charge in [-0.1, -0.05) is 0 Å². The summed E-state index contributed by atoms with van der Waals surface area (Å²) in [4.78, 5) is 26.9. The molecular weight excluding hydrogens is 308 g/mol. The summed E-state index contributed by atoms with van der Waals surface area (Å²) in [6, 6.07) is 0. The average molecular weight is 334 g/mol. The Morgan fingerprint density at radius 2 is 1.92 bits per heavy atom. The maximum atomic E-state index is 12.7. The van der Waals surface area contributed by atoms with Crippen molar-refractivity contribution in [1.82, 2.24) is 10.2 Å². The molecule has 5 aliphatic rings. The van der Waals surface area contributed by atoms with Gasteiger partial charge < -0.3 is 19.7 Å². The van der Waals surface area contributed by atoms with Gasteiger partial charge in [-0.05, 0) is 49.4 Å². The van der Waals surface area contributed by atoms with Gasteiger partial charge in [-0.25, -0.2) is 0 Å². The van der Waals surface area contributed by atoms with Crippen LogP contribution in [0.25, 0.3) is 0 Å². The molecule has 6 atom stereocenters. The second kappa shape index (κ2) is 5.70. The van der Waals surface area contributed by atoms with E-state index in [-0.39, 0.29) is 29.9 Å². The van der Waals surface area contributed by atoms with Crippen molar-refractivity contribution in [2.75, 3.05) is 32.8 Å². The molecule has 0 spiro atoms. The largest absolute Gasteiger partial charge is 0.381 e. The molecule has 24 heavy (non-hydrogen) atoms. The van der Waals surface area contributed by atoms with Gasteiger partial charge in [-0.3, -0.25) is 9.59 Å². The van der Waals surface area contributed by atoms with Gasteiger partial charge in [0.2, 0.25) is 11.8 Å². The Morgan fingerprint density at radius 3 is 2.67 bits per heavy atom. The van der Waals surface area contributed by atoms with Crippen LogP contribution in [0.4, 0.5) is 0 Å². The van der Waals surface area contributed by atoms with Crippen LogP contribution in [0.2, 0.25) is 0 Å². The number of hydrogen-bond donors (Lipinski definition) is 1. The Kier molecular flexibility index (Phi) is 3.59. The Balaban J connectivity index is 1.14. The Bertz CT molecular complexity index is 539. The number of nitrogens with zero attached hydrogens (tertiary/aromatic N) is 1. The van der Waals surface area contributed by atoms with Crippen LogP contribution in [0.15, 0.2) is 0 Å². The smallest absolute Gasteiger partial charge is 0.249 e. The molecule has 0 radical (unpaired) electrons. The third-order valence-electron chi connectivity index (χ3n) is 6.66. The lowest BCUT2D eigenvalue weighted by Gasteiger charge is -2.34. The predicted octanol–water partition coefficient (Wildman–Crippen LogP) is 0.411. The summed E-state index contributed by atoms with van der Waals surface area (Å²) >= 11 is 0. The molecule has 0 aromatic rings. The van der Waals surface area contributed by atoms with Crippen molar-refractivity contribution in [3.05, 3.63) is 0 Å². The highest BCUT2D eigenvalue weighted by Gasteiger charge is 2.59. The van der Waals surface area contributed by atoms with E-state index in [2.05, 4.69) is 5.32 Å². The summed E-state index contributed by atoms with van der Waals surface area (Å²) in [5.74, 6) is 2.55. The van der Waals surface area contributed by atoms with Gasteiger partial charge >= 0.3 is 0 Å². The van der Waals surface area contributed by atoms with Crippen LogP contribution >= 0.6 is 0 Å². The molecule has 2 aliphatic carbocycles. The van der Waals surface area contributed by atoms with Crippen molar-refractivity contribution < 1.29 is 19.1 Å². The van der Waals surface area contributed by atoms with Crippen LogP contribution in [-0.4, -0.2) is 61.8 Å². The highest BCUT2D eigenvalue weighted by atomic mass is 16.5. The third kappa shape index (κ3) is 2.64. The molecule has 2 saturated carbocycles. The van der Waals surface area contributed by atoms with E-state index in [1.54, 1.807) is 0 Å². The summed E-state index contributed by atoms with van der Waals surface area (Å²) in [6.07, 6.45) is 3.97. The van der Waals surface area contributed by atoms with E-state index in [1.807, 2.05) is 4.90 Å². The number of piperidine rings is 1. The molecule has 0 bridgehead atoms. The Morgan fingerprint density at radius 1 is 1.12 bits per heavy atom. The minimum absolute atomic E-state index is 0.0363. The quantitative estimate of drug-likeness (QED) is 0.809. The maximum Gasteiger partial charge on any atom is 0.249 e. The molecule has 3 heterocycles. The number of hydrogen-bond acceptors (Lipinski definition) is 4. The zero-order chi connectivity index (χ0) is 16.3. The van der Waals surface area contributed by atoms with Gasteiger partial charge in [0.25, 0.3) is 0 Å². The van der Waals surface area contributed by atoms with Gasteiger partial charge in [-0.15, -0.1) is 0 Å². The van der Waals surface area contributed by atoms with E-state index in [0.29, 0.717) is 30.2 Å². The fourth-order valence-corrected chi connectivity index (χ4v) is 4.80. The van der Waals surface area contributed by atoms with Gasteiger partial charge in [0.1, 0.15) is 6.10 Å². The molecule has 5 rings (SSSR count). The molecule has 132 valence electrons. The SMILES string of the molecule is O=C(NCC1CC1)C1C[C@@H]2CCN(C(=O)C3[C@H]4COC[C@@H]34)C[C@@H]2O1. The molecular formula is C18H26N2O4. The molecule has 6 nitrogen and oxygen atoms in total. The van der Waals surface area contributed by atoms with E-state index in [4.69, 9.17) is 9.47 Å². The number of likely N-dealkylation sites (tertiary alicyclic amines) is 1. The average Bonchev–Trinajstić information content (AvgIpc) is 3.45. The summed E-state index contributed by atoms with van der Waals surface area (Å²) in [5.41, 5.74) is 0. The second-order valence-corrected chi connectivity index (χ2v) is 8.31. The Labute approximate surface area is 142 Å². The van der Waals surface area contributed by atoms with Gasteiger partial charge in [0.15, 0.2) is 0 Å². The van der Waals surface area contributed by atoms with E-state index >= 15 is 0 Å². The second-order valence-electron chi connectivity index (χ2n) is 8.31. The van der Waals surface area contributed by atoms with Crippen LogP contribution in [0, 0.1) is 29.6 Å². The lowest BCUT2D eigenvalue weighted by molar-refractivity contribution is -0.140. The lowest BCUT2D eigenvalue weighted by atomic mass is 9.91. The van der Waals surface area contributed by atoms with Crippen molar-refractivity contribution in [2.24, 2.45) is 29.6 Å². The normalized spacial score (nSPS) is 43.2. The summed E-state index contributed by atoms with van der Waals surface area (Å²) < 4.78 is 11.4. The van der Waals surface area contributed by atoms with Crippen molar-refractivity contribution in [3.63, 3.8) is 0 Å². The lowest BCUT2D eigenvalue weighted by Crippen LogP contribution is -2.46.